The first-order valence-corrected chi connectivity index (χ1v) is 8.14. The van der Waals surface area contributed by atoms with Crippen molar-refractivity contribution in [2.24, 2.45) is 5.92 Å². The van der Waals surface area contributed by atoms with E-state index in [4.69, 9.17) is 0 Å². The molecular formula is C17H26S. The molecule has 100 valence electrons. The first-order valence-electron chi connectivity index (χ1n) is 7.15. The van der Waals surface area contributed by atoms with Crippen molar-refractivity contribution < 1.29 is 0 Å². The Bertz CT molecular complexity index is 305. The van der Waals surface area contributed by atoms with Gasteiger partial charge in [-0.15, -0.1) is 18.3 Å². The van der Waals surface area contributed by atoms with Crippen LogP contribution in [-0.2, 0) is 0 Å². The van der Waals surface area contributed by atoms with Crippen LogP contribution in [0.2, 0.25) is 0 Å². The summed E-state index contributed by atoms with van der Waals surface area (Å²) in [6.07, 6.45) is 10.0. The highest BCUT2D eigenvalue weighted by Gasteiger charge is 2.06. The number of allylic oxidation sites excluding steroid dienone is 1. The summed E-state index contributed by atoms with van der Waals surface area (Å²) in [5, 5.41) is 0. The van der Waals surface area contributed by atoms with Crippen LogP contribution in [0.3, 0.4) is 0 Å². The Balaban J connectivity index is 2.22. The van der Waals surface area contributed by atoms with Crippen molar-refractivity contribution in [2.75, 3.05) is 5.75 Å². The molecule has 1 aromatic carbocycles. The Morgan fingerprint density at radius 1 is 1.17 bits per heavy atom. The zero-order valence-corrected chi connectivity index (χ0v) is 12.4. The first-order chi connectivity index (χ1) is 8.86. The summed E-state index contributed by atoms with van der Waals surface area (Å²) < 4.78 is 0. The minimum Gasteiger partial charge on any atom is -0.126 e. The van der Waals surface area contributed by atoms with Crippen LogP contribution in [0.5, 0.6) is 0 Å². The number of benzene rings is 1. The lowest BCUT2D eigenvalue weighted by atomic mass is 9.95. The molecular weight excluding hydrogens is 236 g/mol. The van der Waals surface area contributed by atoms with Crippen molar-refractivity contribution in [1.82, 2.24) is 0 Å². The van der Waals surface area contributed by atoms with Gasteiger partial charge in [-0.3, -0.25) is 0 Å². The highest BCUT2D eigenvalue weighted by Crippen LogP contribution is 2.24. The Kier molecular flexibility index (Phi) is 8.75. The molecule has 0 radical (unpaired) electrons. The van der Waals surface area contributed by atoms with Crippen LogP contribution >= 0.6 is 11.8 Å². The molecule has 1 unspecified atom stereocenters. The average molecular weight is 262 g/mol. The molecule has 18 heavy (non-hydrogen) atoms. The van der Waals surface area contributed by atoms with Crippen molar-refractivity contribution in [1.29, 1.82) is 0 Å². The average Bonchev–Trinajstić information content (AvgIpc) is 2.40. The van der Waals surface area contributed by atoms with Crippen molar-refractivity contribution in [3.63, 3.8) is 0 Å². The zero-order valence-electron chi connectivity index (χ0n) is 11.6. The molecule has 0 bridgehead atoms. The van der Waals surface area contributed by atoms with E-state index in [9.17, 15) is 0 Å². The molecule has 0 saturated heterocycles. The van der Waals surface area contributed by atoms with Gasteiger partial charge in [0.2, 0.25) is 0 Å². The van der Waals surface area contributed by atoms with Gasteiger partial charge in [-0.2, -0.15) is 0 Å². The predicted octanol–water partition coefficient (Wildman–Crippen LogP) is 5.94. The van der Waals surface area contributed by atoms with Gasteiger partial charge in [0.15, 0.2) is 0 Å². The second kappa shape index (κ2) is 10.3. The third kappa shape index (κ3) is 6.90. The summed E-state index contributed by atoms with van der Waals surface area (Å²) in [5.74, 6) is 2.07. The molecule has 1 rings (SSSR count). The van der Waals surface area contributed by atoms with E-state index in [0.717, 1.165) is 5.92 Å². The van der Waals surface area contributed by atoms with Gasteiger partial charge in [0.25, 0.3) is 0 Å². The SMILES string of the molecule is C=CCC(CCCCC)CCSc1ccccc1. The van der Waals surface area contributed by atoms with E-state index in [1.165, 1.54) is 49.2 Å². The highest BCUT2D eigenvalue weighted by atomic mass is 32.2. The summed E-state index contributed by atoms with van der Waals surface area (Å²) in [7, 11) is 0. The second-order valence-corrected chi connectivity index (χ2v) is 6.00. The summed E-state index contributed by atoms with van der Waals surface area (Å²) >= 11 is 1.98. The van der Waals surface area contributed by atoms with E-state index in [2.05, 4.69) is 49.9 Å². The lowest BCUT2D eigenvalue weighted by Gasteiger charge is -2.14. The number of hydrogen-bond acceptors (Lipinski definition) is 1. The fraction of sp³-hybridized carbons (Fsp3) is 0.529. The van der Waals surface area contributed by atoms with E-state index in [1.807, 2.05) is 11.8 Å². The summed E-state index contributed by atoms with van der Waals surface area (Å²) in [6.45, 7) is 6.16. The third-order valence-electron chi connectivity index (χ3n) is 3.25. The van der Waals surface area contributed by atoms with E-state index in [1.54, 1.807) is 0 Å². The van der Waals surface area contributed by atoms with Gasteiger partial charge in [-0.1, -0.05) is 56.9 Å². The Labute approximate surface area is 117 Å². The quantitative estimate of drug-likeness (QED) is 0.285. The molecule has 1 aromatic rings. The fourth-order valence-electron chi connectivity index (χ4n) is 2.16. The Morgan fingerprint density at radius 2 is 1.94 bits per heavy atom. The first kappa shape index (κ1) is 15.4. The maximum absolute atomic E-state index is 3.89. The van der Waals surface area contributed by atoms with E-state index in [0.29, 0.717) is 0 Å². The molecule has 0 aliphatic rings. The topological polar surface area (TPSA) is 0 Å². The molecule has 0 heterocycles. The lowest BCUT2D eigenvalue weighted by molar-refractivity contribution is 0.453. The zero-order chi connectivity index (χ0) is 13.1. The molecule has 0 amide bonds. The summed E-state index contributed by atoms with van der Waals surface area (Å²) in [6, 6.07) is 10.7. The standard InChI is InChI=1S/C17H26S/c1-3-5-7-11-16(10-4-2)14-15-18-17-12-8-6-9-13-17/h4,6,8-9,12-13,16H,2-3,5,7,10-11,14-15H2,1H3. The molecule has 1 atom stereocenters. The third-order valence-corrected chi connectivity index (χ3v) is 4.30. The minimum absolute atomic E-state index is 0.838. The summed E-state index contributed by atoms with van der Waals surface area (Å²) in [5.41, 5.74) is 0. The lowest BCUT2D eigenvalue weighted by Crippen LogP contribution is -2.01. The smallest absolute Gasteiger partial charge is 0.00719 e. The Morgan fingerprint density at radius 3 is 2.61 bits per heavy atom. The fourth-order valence-corrected chi connectivity index (χ4v) is 3.20. The normalized spacial score (nSPS) is 12.3. The summed E-state index contributed by atoms with van der Waals surface area (Å²) in [4.78, 5) is 1.39. The predicted molar refractivity (Wildman–Crippen MR) is 84.2 cm³/mol. The van der Waals surface area contributed by atoms with E-state index < -0.39 is 0 Å². The number of rotatable bonds is 10. The van der Waals surface area contributed by atoms with Crippen LogP contribution < -0.4 is 0 Å². The molecule has 0 saturated carbocycles. The van der Waals surface area contributed by atoms with Gasteiger partial charge in [0.05, 0.1) is 0 Å². The van der Waals surface area contributed by atoms with Crippen LogP contribution in [0.1, 0.15) is 45.4 Å². The number of hydrogen-bond donors (Lipinski definition) is 0. The van der Waals surface area contributed by atoms with E-state index >= 15 is 0 Å². The second-order valence-electron chi connectivity index (χ2n) is 4.84. The monoisotopic (exact) mass is 262 g/mol. The van der Waals surface area contributed by atoms with Crippen LogP contribution in [0.15, 0.2) is 47.9 Å². The Hall–Kier alpha value is -0.690. The largest absolute Gasteiger partial charge is 0.126 e. The van der Waals surface area contributed by atoms with Crippen LogP contribution in [-0.4, -0.2) is 5.75 Å². The molecule has 0 aliphatic carbocycles. The van der Waals surface area contributed by atoms with Crippen LogP contribution in [0.25, 0.3) is 0 Å². The van der Waals surface area contributed by atoms with Crippen LogP contribution in [0.4, 0.5) is 0 Å². The van der Waals surface area contributed by atoms with Gasteiger partial charge < -0.3 is 0 Å². The van der Waals surface area contributed by atoms with E-state index in [-0.39, 0.29) is 0 Å². The molecule has 0 N–H and O–H groups in total. The van der Waals surface area contributed by atoms with Gasteiger partial charge in [-0.05, 0) is 36.6 Å². The van der Waals surface area contributed by atoms with Crippen molar-refractivity contribution >= 4 is 11.8 Å². The number of unbranched alkanes of at least 4 members (excludes halogenated alkanes) is 2. The minimum atomic E-state index is 0.838. The molecule has 0 nitrogen and oxygen atoms in total. The van der Waals surface area contributed by atoms with Crippen molar-refractivity contribution in [2.45, 2.75) is 50.3 Å². The van der Waals surface area contributed by atoms with Gasteiger partial charge in [-0.25, -0.2) is 0 Å². The molecule has 0 aromatic heterocycles. The number of thioether (sulfide) groups is 1. The highest BCUT2D eigenvalue weighted by molar-refractivity contribution is 7.99. The molecule has 1 heteroatoms. The van der Waals surface area contributed by atoms with Crippen LogP contribution in [0, 0.1) is 5.92 Å². The maximum atomic E-state index is 3.89. The van der Waals surface area contributed by atoms with Gasteiger partial charge in [0, 0.05) is 4.90 Å². The molecule has 0 aliphatic heterocycles. The van der Waals surface area contributed by atoms with Crippen molar-refractivity contribution in [3.8, 4) is 0 Å². The maximum Gasteiger partial charge on any atom is 0.00719 e. The molecule has 0 spiro atoms. The van der Waals surface area contributed by atoms with Crippen molar-refractivity contribution in [3.05, 3.63) is 43.0 Å². The molecule has 0 fully saturated rings. The van der Waals surface area contributed by atoms with Gasteiger partial charge in [0.1, 0.15) is 0 Å². The van der Waals surface area contributed by atoms with Gasteiger partial charge >= 0.3 is 0 Å².